The first-order valence-corrected chi connectivity index (χ1v) is 66.5. The van der Waals surface area contributed by atoms with Crippen molar-refractivity contribution in [1.82, 2.24) is 42.5 Å². The molecule has 0 heterocycles. The summed E-state index contributed by atoms with van der Waals surface area (Å²) in [5, 5.41) is 27.3. The Hall–Kier alpha value is -4.24. The standard InChI is InChI=1S/C68H126N4O4.C64H118N4O4/c1-5-9-13-17-21-25-29-33-55-37-45-59(46-38-55)69-65(73)53-63(67(75)71-61-49-41-57(42-50-61)35-31-27-23-19-15-11-7-3)64(68(76)72-62-51-43-58(44-52-62)36-32-28-24-20-16-12-8-4)54-66(74)70-60-47-39-56(40-48-60)34-30-26-22-18-14-10-6-2;1-9-17-21-47(13-5)41-51-25-33-55(34-26-51)65-61(69)45-59(63(71)67-57-37-29-53(30-38-57)43-49(15-7)23-19-11-3)60(64(72)68-58-39-31-54(32-40-58)44-50(16-8)24-20-12-4)46-62(70)66-56-35-27-52(28-36-56)42-48(14-6)22-18-10-2/h55-64H,5-54H2,1-4H3,(H,69,73)(H,70,74)(H,71,75)(H,72,76);47-60H,9-46H2,1-8H3,(H,65,69)(H,66,70)(H,67,71)(H,68,72). The lowest BCUT2D eigenvalue weighted by Crippen LogP contribution is -2.51. The molecule has 8 N–H and O–H groups in total. The van der Waals surface area contributed by atoms with Crippen LogP contribution in [-0.2, 0) is 38.4 Å². The van der Waals surface area contributed by atoms with E-state index in [0.717, 1.165) is 241 Å². The number of rotatable bonds is 78. The molecule has 8 unspecified atom stereocenters. The molecule has 0 saturated heterocycles. The predicted octanol–water partition coefficient (Wildman–Crippen LogP) is 34.4. The van der Waals surface area contributed by atoms with Gasteiger partial charge in [0.2, 0.25) is 47.3 Å². The van der Waals surface area contributed by atoms with Gasteiger partial charge in [0.25, 0.3) is 0 Å². The second kappa shape index (κ2) is 81.4. The van der Waals surface area contributed by atoms with Gasteiger partial charge in [0, 0.05) is 74.0 Å². The minimum Gasteiger partial charge on any atom is -0.353 e. The zero-order chi connectivity index (χ0) is 106. The van der Waals surface area contributed by atoms with Crippen LogP contribution in [0.15, 0.2) is 0 Å². The summed E-state index contributed by atoms with van der Waals surface area (Å²) in [6.45, 7) is 27.6. The maximum Gasteiger partial charge on any atom is 0.224 e. The Balaban J connectivity index is 0.000000401. The molecule has 8 amide bonds. The molecule has 16 nitrogen and oxygen atoms in total. The van der Waals surface area contributed by atoms with Crippen molar-refractivity contribution in [3.63, 3.8) is 0 Å². The number of hydrogen-bond donors (Lipinski definition) is 8. The van der Waals surface area contributed by atoms with E-state index in [0.29, 0.717) is 35.5 Å². The maximum absolute atomic E-state index is 15.0. The number of carbonyl (C=O) groups excluding carboxylic acids is 8. The van der Waals surface area contributed by atoms with Crippen molar-refractivity contribution in [2.75, 3.05) is 0 Å². The van der Waals surface area contributed by atoms with Crippen LogP contribution in [0.3, 0.4) is 0 Å². The fourth-order valence-electron chi connectivity index (χ4n) is 28.8. The van der Waals surface area contributed by atoms with Gasteiger partial charge in [-0.1, -0.05) is 391 Å². The highest BCUT2D eigenvalue weighted by atomic mass is 16.2. The fraction of sp³-hybridized carbons (Fsp3) is 0.939. The molecule has 0 radical (unpaired) electrons. The third kappa shape index (κ3) is 56.1. The van der Waals surface area contributed by atoms with Crippen LogP contribution >= 0.6 is 0 Å². The van der Waals surface area contributed by atoms with Gasteiger partial charge in [-0.15, -0.1) is 0 Å². The van der Waals surface area contributed by atoms with E-state index in [9.17, 15) is 38.4 Å². The van der Waals surface area contributed by atoms with Crippen molar-refractivity contribution in [3.05, 3.63) is 0 Å². The average molecular weight is 2070 g/mol. The number of carbonyl (C=O) groups is 8. The Kier molecular flexibility index (Phi) is 71.8. The molecule has 8 fully saturated rings. The third-order valence-corrected chi connectivity index (χ3v) is 39.3. The second-order valence-electron chi connectivity index (χ2n) is 51.5. The second-order valence-corrected chi connectivity index (χ2v) is 51.5. The van der Waals surface area contributed by atoms with Gasteiger partial charge in [-0.05, 0) is 302 Å². The Morgan fingerprint density at radius 3 is 0.466 bits per heavy atom. The predicted molar refractivity (Wildman–Crippen MR) is 626 cm³/mol. The molecule has 0 bridgehead atoms. The van der Waals surface area contributed by atoms with Crippen LogP contribution in [0.4, 0.5) is 0 Å². The molecule has 8 saturated carbocycles. The lowest BCUT2D eigenvalue weighted by atomic mass is 9.77. The molecule has 0 aromatic carbocycles. The van der Waals surface area contributed by atoms with Crippen LogP contribution < -0.4 is 42.5 Å². The monoisotopic (exact) mass is 2070 g/mol. The van der Waals surface area contributed by atoms with Gasteiger partial charge in [-0.3, -0.25) is 38.4 Å². The Labute approximate surface area is 913 Å². The van der Waals surface area contributed by atoms with Gasteiger partial charge in [-0.25, -0.2) is 0 Å². The summed E-state index contributed by atoms with van der Waals surface area (Å²) in [6.07, 6.45) is 101. The van der Waals surface area contributed by atoms with E-state index in [-0.39, 0.29) is 121 Å². The highest BCUT2D eigenvalue weighted by Crippen LogP contribution is 2.42. The summed E-state index contributed by atoms with van der Waals surface area (Å²) in [5.41, 5.74) is 0. The van der Waals surface area contributed by atoms with E-state index in [2.05, 4.69) is 126 Å². The Morgan fingerprint density at radius 1 is 0.169 bits per heavy atom. The van der Waals surface area contributed by atoms with E-state index in [1.165, 1.54) is 334 Å². The molecule has 8 rings (SSSR count). The van der Waals surface area contributed by atoms with Gasteiger partial charge in [0.15, 0.2) is 0 Å². The summed E-state index contributed by atoms with van der Waals surface area (Å²) < 4.78 is 0. The van der Waals surface area contributed by atoms with Crippen molar-refractivity contribution in [2.24, 2.45) is 94.7 Å². The van der Waals surface area contributed by atoms with Gasteiger partial charge >= 0.3 is 0 Å². The molecular formula is C132H244N8O8. The van der Waals surface area contributed by atoms with E-state index in [4.69, 9.17) is 0 Å². The Bertz CT molecular complexity index is 3130. The quantitative estimate of drug-likeness (QED) is 0.0272. The van der Waals surface area contributed by atoms with Crippen molar-refractivity contribution in [3.8, 4) is 0 Å². The van der Waals surface area contributed by atoms with Crippen molar-refractivity contribution < 1.29 is 38.4 Å². The summed E-state index contributed by atoms with van der Waals surface area (Å²) in [5.74, 6) is 3.73. The van der Waals surface area contributed by atoms with E-state index in [1.54, 1.807) is 0 Å². The molecule has 8 aliphatic rings. The summed E-state index contributed by atoms with van der Waals surface area (Å²) in [7, 11) is 0. The third-order valence-electron chi connectivity index (χ3n) is 39.3. The molecule has 148 heavy (non-hydrogen) atoms. The normalized spacial score (nSPS) is 26.1. The van der Waals surface area contributed by atoms with Crippen molar-refractivity contribution in [2.45, 2.75) is 696 Å². The zero-order valence-electron chi connectivity index (χ0n) is 99.3. The van der Waals surface area contributed by atoms with E-state index >= 15 is 0 Å². The highest BCUT2D eigenvalue weighted by Gasteiger charge is 2.44. The molecular weight excluding hydrogens is 1830 g/mol. The van der Waals surface area contributed by atoms with Gasteiger partial charge < -0.3 is 42.5 Å². The molecule has 0 aliphatic heterocycles. The largest absolute Gasteiger partial charge is 0.353 e. The topological polar surface area (TPSA) is 233 Å². The van der Waals surface area contributed by atoms with Crippen LogP contribution in [0.2, 0.25) is 0 Å². The van der Waals surface area contributed by atoms with Gasteiger partial charge in [0.05, 0.1) is 23.7 Å². The number of unbranched alkanes of at least 4 members (excludes halogenated alkanes) is 28. The smallest absolute Gasteiger partial charge is 0.224 e. The molecule has 0 spiro atoms. The zero-order valence-corrected chi connectivity index (χ0v) is 99.3. The van der Waals surface area contributed by atoms with Gasteiger partial charge in [0.1, 0.15) is 0 Å². The van der Waals surface area contributed by atoms with Crippen molar-refractivity contribution >= 4 is 47.3 Å². The number of amides is 8. The molecule has 0 aromatic rings. The average Bonchev–Trinajstić information content (AvgIpc) is 0.812. The minimum atomic E-state index is -0.919. The number of hydrogen-bond acceptors (Lipinski definition) is 8. The van der Waals surface area contributed by atoms with E-state index < -0.39 is 23.7 Å². The van der Waals surface area contributed by atoms with Crippen LogP contribution in [0.1, 0.15) is 648 Å². The first kappa shape index (κ1) is 131. The first-order chi connectivity index (χ1) is 72.1. The SMILES string of the molecule is CCCCC(CC)CC1CCC(NC(=O)CC(C(=O)NC2CCC(CC(CC)CCCC)CC2)C(CC(=O)NC2CCC(CC(CC)CCCC)CC2)C(=O)NC2CCC(CC(CC)CCCC)CC2)CC1.CCCCCCCCCC1CCC(NC(=O)CC(C(=O)NC2CCC(CCCCCCCCC)CC2)C(CC(=O)NC2CCC(CCCCCCCCC)CC2)C(=O)NC2CCC(CCCCCCCCC)CC2)CC1. The van der Waals surface area contributed by atoms with Crippen LogP contribution in [0.5, 0.6) is 0 Å². The van der Waals surface area contributed by atoms with Crippen LogP contribution in [-0.4, -0.2) is 95.6 Å². The lowest BCUT2D eigenvalue weighted by Gasteiger charge is -2.35. The highest BCUT2D eigenvalue weighted by molar-refractivity contribution is 5.95. The van der Waals surface area contributed by atoms with Gasteiger partial charge in [-0.2, -0.15) is 0 Å². The molecule has 16 heteroatoms. The molecule has 8 aliphatic carbocycles. The van der Waals surface area contributed by atoms with Crippen LogP contribution in [0.25, 0.3) is 0 Å². The lowest BCUT2D eigenvalue weighted by molar-refractivity contribution is -0.141. The maximum atomic E-state index is 15.0. The number of nitrogens with one attached hydrogen (secondary N) is 8. The van der Waals surface area contributed by atoms with Crippen molar-refractivity contribution in [1.29, 1.82) is 0 Å². The fourth-order valence-corrected chi connectivity index (χ4v) is 28.8. The summed E-state index contributed by atoms with van der Waals surface area (Å²) in [4.78, 5) is 117. The molecule has 860 valence electrons. The summed E-state index contributed by atoms with van der Waals surface area (Å²) in [6, 6.07) is 0.490. The first-order valence-electron chi connectivity index (χ1n) is 66.5. The molecule has 0 aromatic heterocycles. The van der Waals surface area contributed by atoms with Crippen LogP contribution in [0, 0.1) is 94.7 Å². The molecule has 8 atom stereocenters. The Morgan fingerprint density at radius 2 is 0.311 bits per heavy atom. The minimum absolute atomic E-state index is 0.0242. The van der Waals surface area contributed by atoms with E-state index in [1.807, 2.05) is 0 Å². The summed E-state index contributed by atoms with van der Waals surface area (Å²) >= 11 is 0.